The fourth-order valence-corrected chi connectivity index (χ4v) is 3.28. The molecule has 1 aromatic carbocycles. The first-order chi connectivity index (χ1) is 12.7. The maximum atomic E-state index is 12.3. The lowest BCUT2D eigenvalue weighted by Crippen LogP contribution is -2.36. The molecule has 2 aromatic rings. The van der Waals surface area contributed by atoms with E-state index in [1.807, 2.05) is 18.2 Å². The van der Waals surface area contributed by atoms with Crippen molar-refractivity contribution in [2.24, 2.45) is 0 Å². The minimum atomic E-state index is -0.0679. The van der Waals surface area contributed by atoms with E-state index < -0.39 is 0 Å². The summed E-state index contributed by atoms with van der Waals surface area (Å²) in [4.78, 5) is 16.6. The average Bonchev–Trinajstić information content (AvgIpc) is 2.70. The van der Waals surface area contributed by atoms with Gasteiger partial charge in [0.05, 0.1) is 19.0 Å². The van der Waals surface area contributed by atoms with E-state index in [0.717, 1.165) is 37.2 Å². The van der Waals surface area contributed by atoms with E-state index >= 15 is 0 Å². The van der Waals surface area contributed by atoms with Gasteiger partial charge in [0.15, 0.2) is 0 Å². The van der Waals surface area contributed by atoms with Crippen LogP contribution in [0.3, 0.4) is 0 Å². The molecule has 0 aliphatic heterocycles. The molecular formula is C21H27N3O2. The third-order valence-electron chi connectivity index (χ3n) is 4.84. The van der Waals surface area contributed by atoms with Crippen LogP contribution in [-0.2, 0) is 6.42 Å². The number of aromatic nitrogens is 1. The molecule has 0 spiro atoms. The molecule has 1 aliphatic rings. The Morgan fingerprint density at radius 3 is 2.54 bits per heavy atom. The molecule has 1 amide bonds. The van der Waals surface area contributed by atoms with E-state index in [4.69, 9.17) is 4.74 Å². The summed E-state index contributed by atoms with van der Waals surface area (Å²) in [6.45, 7) is 0.807. The van der Waals surface area contributed by atoms with Crippen molar-refractivity contribution in [2.45, 2.75) is 44.6 Å². The maximum Gasteiger partial charge on any atom is 0.270 e. The predicted octanol–water partition coefficient (Wildman–Crippen LogP) is 3.81. The number of nitrogens with zero attached hydrogens (tertiary/aromatic N) is 1. The van der Waals surface area contributed by atoms with Crippen LogP contribution in [0.1, 0.15) is 48.2 Å². The third-order valence-corrected chi connectivity index (χ3v) is 4.84. The van der Waals surface area contributed by atoms with Crippen LogP contribution in [0.25, 0.3) is 0 Å². The van der Waals surface area contributed by atoms with Gasteiger partial charge in [-0.25, -0.2) is 4.98 Å². The smallest absolute Gasteiger partial charge is 0.270 e. The van der Waals surface area contributed by atoms with Crippen molar-refractivity contribution in [2.75, 3.05) is 19.0 Å². The summed E-state index contributed by atoms with van der Waals surface area (Å²) in [6, 6.07) is 12.1. The van der Waals surface area contributed by atoms with Crippen molar-refractivity contribution < 1.29 is 9.53 Å². The van der Waals surface area contributed by atoms with Crippen LogP contribution in [0.5, 0.6) is 5.75 Å². The number of nitrogens with one attached hydrogen (secondary N) is 2. The van der Waals surface area contributed by atoms with Crippen LogP contribution >= 0.6 is 0 Å². The Labute approximate surface area is 155 Å². The zero-order chi connectivity index (χ0) is 18.2. The molecule has 0 radical (unpaired) electrons. The first kappa shape index (κ1) is 18.2. The van der Waals surface area contributed by atoms with Gasteiger partial charge in [0.25, 0.3) is 5.91 Å². The van der Waals surface area contributed by atoms with Gasteiger partial charge in [0.2, 0.25) is 0 Å². The number of hydrogen-bond acceptors (Lipinski definition) is 4. The topological polar surface area (TPSA) is 63.2 Å². The van der Waals surface area contributed by atoms with Gasteiger partial charge in [-0.3, -0.25) is 4.79 Å². The number of pyridine rings is 1. The van der Waals surface area contributed by atoms with E-state index in [9.17, 15) is 4.79 Å². The minimum Gasteiger partial charge on any atom is -0.497 e. The molecule has 1 fully saturated rings. The van der Waals surface area contributed by atoms with Crippen molar-refractivity contribution in [1.82, 2.24) is 10.3 Å². The van der Waals surface area contributed by atoms with Crippen molar-refractivity contribution in [3.63, 3.8) is 0 Å². The Kier molecular flexibility index (Phi) is 6.47. The molecule has 2 N–H and O–H groups in total. The van der Waals surface area contributed by atoms with Crippen molar-refractivity contribution >= 4 is 11.6 Å². The Morgan fingerprint density at radius 1 is 1.12 bits per heavy atom. The Balaban J connectivity index is 1.45. The second-order valence-electron chi connectivity index (χ2n) is 6.77. The third kappa shape index (κ3) is 5.22. The highest BCUT2D eigenvalue weighted by atomic mass is 16.5. The fourth-order valence-electron chi connectivity index (χ4n) is 3.28. The van der Waals surface area contributed by atoms with E-state index in [1.165, 1.54) is 24.8 Å². The molecule has 138 valence electrons. The number of carbonyl (C=O) groups is 1. The average molecular weight is 353 g/mol. The largest absolute Gasteiger partial charge is 0.497 e. The molecule has 1 heterocycles. The van der Waals surface area contributed by atoms with Crippen LogP contribution in [0.4, 0.5) is 5.69 Å². The Morgan fingerprint density at radius 2 is 1.88 bits per heavy atom. The number of carbonyl (C=O) groups excluding carboxylic acids is 1. The van der Waals surface area contributed by atoms with Crippen LogP contribution in [0, 0.1) is 0 Å². The zero-order valence-electron chi connectivity index (χ0n) is 15.3. The summed E-state index contributed by atoms with van der Waals surface area (Å²) in [5.41, 5.74) is 2.65. The van der Waals surface area contributed by atoms with Gasteiger partial charge in [-0.2, -0.15) is 0 Å². The molecule has 0 bridgehead atoms. The second kappa shape index (κ2) is 9.22. The molecule has 1 saturated carbocycles. The summed E-state index contributed by atoms with van der Waals surface area (Å²) in [7, 11) is 1.67. The lowest BCUT2D eigenvalue weighted by molar-refractivity contribution is 0.0922. The molecule has 0 unspecified atom stereocenters. The molecule has 0 atom stereocenters. The highest BCUT2D eigenvalue weighted by molar-refractivity contribution is 5.92. The molecule has 5 nitrogen and oxygen atoms in total. The monoisotopic (exact) mass is 353 g/mol. The second-order valence-corrected chi connectivity index (χ2v) is 6.77. The first-order valence-corrected chi connectivity index (χ1v) is 9.38. The van der Waals surface area contributed by atoms with Gasteiger partial charge in [-0.05, 0) is 49.1 Å². The number of amides is 1. The van der Waals surface area contributed by atoms with Gasteiger partial charge < -0.3 is 15.4 Å². The van der Waals surface area contributed by atoms with Gasteiger partial charge in [-0.1, -0.05) is 31.4 Å². The summed E-state index contributed by atoms with van der Waals surface area (Å²) in [5.74, 6) is 0.801. The number of methoxy groups -OCH3 is 1. The van der Waals surface area contributed by atoms with Crippen LogP contribution in [-0.4, -0.2) is 30.6 Å². The molecular weight excluding hydrogens is 326 g/mol. The summed E-state index contributed by atoms with van der Waals surface area (Å²) in [6.07, 6.45) is 8.48. The number of anilines is 1. The first-order valence-electron chi connectivity index (χ1n) is 9.38. The zero-order valence-corrected chi connectivity index (χ0v) is 15.3. The molecule has 0 saturated heterocycles. The van der Waals surface area contributed by atoms with Gasteiger partial charge in [0, 0.05) is 12.6 Å². The number of hydrogen-bond donors (Lipinski definition) is 2. The molecule has 3 rings (SSSR count). The van der Waals surface area contributed by atoms with E-state index in [0.29, 0.717) is 11.7 Å². The van der Waals surface area contributed by atoms with Crippen LogP contribution in [0.15, 0.2) is 42.6 Å². The predicted molar refractivity (Wildman–Crippen MR) is 104 cm³/mol. The van der Waals surface area contributed by atoms with Crippen molar-refractivity contribution in [3.05, 3.63) is 53.9 Å². The summed E-state index contributed by atoms with van der Waals surface area (Å²) >= 11 is 0. The number of benzene rings is 1. The molecule has 1 aromatic heterocycles. The Bertz CT molecular complexity index is 692. The van der Waals surface area contributed by atoms with Crippen LogP contribution < -0.4 is 15.4 Å². The normalized spacial score (nSPS) is 14.7. The SMILES string of the molecule is COc1ccc(CCNc2ccc(C(=O)NC3CCCCC3)nc2)cc1. The molecule has 1 aliphatic carbocycles. The van der Waals surface area contributed by atoms with E-state index in [2.05, 4.69) is 27.8 Å². The van der Waals surface area contributed by atoms with Gasteiger partial charge in [-0.15, -0.1) is 0 Å². The van der Waals surface area contributed by atoms with E-state index in [-0.39, 0.29) is 5.91 Å². The quantitative estimate of drug-likeness (QED) is 0.794. The minimum absolute atomic E-state index is 0.0679. The lowest BCUT2D eigenvalue weighted by atomic mass is 9.95. The summed E-state index contributed by atoms with van der Waals surface area (Å²) < 4.78 is 5.16. The molecule has 26 heavy (non-hydrogen) atoms. The number of rotatable bonds is 7. The Hall–Kier alpha value is -2.56. The number of ether oxygens (including phenoxy) is 1. The van der Waals surface area contributed by atoms with Gasteiger partial charge in [0.1, 0.15) is 11.4 Å². The summed E-state index contributed by atoms with van der Waals surface area (Å²) in [5, 5.41) is 6.44. The van der Waals surface area contributed by atoms with E-state index in [1.54, 1.807) is 19.4 Å². The molecule has 5 heteroatoms. The van der Waals surface area contributed by atoms with Crippen molar-refractivity contribution in [1.29, 1.82) is 0 Å². The fraction of sp³-hybridized carbons (Fsp3) is 0.429. The van der Waals surface area contributed by atoms with Crippen molar-refractivity contribution in [3.8, 4) is 5.75 Å². The maximum absolute atomic E-state index is 12.3. The standard InChI is InChI=1S/C21H27N3O2/c1-26-19-10-7-16(8-11-19)13-14-22-18-9-12-20(23-15-18)21(25)24-17-5-3-2-4-6-17/h7-12,15,17,22H,2-6,13-14H2,1H3,(H,24,25). The van der Waals surface area contributed by atoms with Crippen LogP contribution in [0.2, 0.25) is 0 Å². The highest BCUT2D eigenvalue weighted by Gasteiger charge is 2.17. The lowest BCUT2D eigenvalue weighted by Gasteiger charge is -2.22. The highest BCUT2D eigenvalue weighted by Crippen LogP contribution is 2.18. The van der Waals surface area contributed by atoms with Gasteiger partial charge >= 0.3 is 0 Å².